The molecule has 1 aliphatic rings. The van der Waals surface area contributed by atoms with Crippen LogP contribution in [0.25, 0.3) is 5.76 Å². The predicted octanol–water partition coefficient (Wildman–Crippen LogP) is 5.07. The zero-order valence-electron chi connectivity index (χ0n) is 22.4. The fourth-order valence-electron chi connectivity index (χ4n) is 4.96. The van der Waals surface area contributed by atoms with Crippen LogP contribution in [0.2, 0.25) is 0 Å². The number of carbonyl (C=O) groups excluding carboxylic acids is 2. The largest absolute Gasteiger partial charge is 0.466 e. The molecule has 0 N–H and O–H groups in total. The van der Waals surface area contributed by atoms with E-state index in [1.807, 2.05) is 91.9 Å². The molecule has 204 valence electrons. The lowest BCUT2D eigenvalue weighted by Gasteiger charge is -2.31. The van der Waals surface area contributed by atoms with E-state index in [9.17, 15) is 19.7 Å². The number of carbonyl (C=O) groups is 2. The molecular weight excluding hydrogens is 537 g/mol. The smallest absolute Gasteiger partial charge is 0.345 e. The summed E-state index contributed by atoms with van der Waals surface area (Å²) in [7, 11) is 1.27. The lowest BCUT2D eigenvalue weighted by molar-refractivity contribution is -0.384. The Morgan fingerprint density at radius 1 is 0.829 bits per heavy atom. The number of nitrogens with zero attached hydrogens (tertiary/aromatic N) is 1. The Hall–Kier alpha value is -5.00. The molecule has 0 saturated carbocycles. The van der Waals surface area contributed by atoms with Crippen molar-refractivity contribution in [3.63, 3.8) is 0 Å². The predicted molar refractivity (Wildman–Crippen MR) is 162 cm³/mol. The molecule has 0 unspecified atom stereocenters. The summed E-state index contributed by atoms with van der Waals surface area (Å²) < 4.78 is 10.8. The van der Waals surface area contributed by atoms with Gasteiger partial charge in [0, 0.05) is 29.3 Å². The average molecular weight is 564 g/mol. The van der Waals surface area contributed by atoms with Crippen LogP contribution in [-0.4, -0.2) is 29.3 Å². The Morgan fingerprint density at radius 2 is 1.37 bits per heavy atom. The summed E-state index contributed by atoms with van der Waals surface area (Å²) in [5.74, 6) is -0.939. The van der Waals surface area contributed by atoms with Crippen LogP contribution >= 0.6 is 6.89 Å². The minimum atomic E-state index is -2.91. The lowest BCUT2D eigenvalue weighted by atomic mass is 10.1. The molecule has 0 aliphatic carbocycles. The van der Waals surface area contributed by atoms with Crippen molar-refractivity contribution in [1.29, 1.82) is 0 Å². The number of nitro groups is 1. The third-order valence-electron chi connectivity index (χ3n) is 6.86. The minimum absolute atomic E-state index is 0.0930. The Kier molecular flexibility index (Phi) is 7.81. The van der Waals surface area contributed by atoms with Crippen molar-refractivity contribution >= 4 is 51.5 Å². The van der Waals surface area contributed by atoms with Gasteiger partial charge in [0.15, 0.2) is 0 Å². The number of ether oxygens (including phenoxy) is 2. The van der Waals surface area contributed by atoms with E-state index in [2.05, 4.69) is 0 Å². The minimum Gasteiger partial charge on any atom is -0.466 e. The normalized spacial score (nSPS) is 13.4. The third-order valence-corrected chi connectivity index (χ3v) is 11.2. The van der Waals surface area contributed by atoms with E-state index in [0.29, 0.717) is 16.4 Å². The molecule has 0 fully saturated rings. The summed E-state index contributed by atoms with van der Waals surface area (Å²) in [4.78, 5) is 37.2. The van der Waals surface area contributed by atoms with Crippen LogP contribution in [0, 0.1) is 17.0 Å². The first kappa shape index (κ1) is 27.6. The second-order valence-electron chi connectivity index (χ2n) is 9.32. The molecular formula is C33H26NO6P. The van der Waals surface area contributed by atoms with Crippen molar-refractivity contribution in [2.24, 2.45) is 0 Å². The number of benzene rings is 4. The molecule has 4 aromatic rings. The number of hydrogen-bond acceptors (Lipinski definition) is 6. The maximum Gasteiger partial charge on any atom is 0.345 e. The van der Waals surface area contributed by atoms with Gasteiger partial charge in [0.05, 0.1) is 17.3 Å². The first-order chi connectivity index (χ1) is 19.9. The van der Waals surface area contributed by atoms with Crippen molar-refractivity contribution in [1.82, 2.24) is 0 Å². The van der Waals surface area contributed by atoms with Crippen LogP contribution in [0.1, 0.15) is 11.1 Å². The molecule has 0 atom stereocenters. The highest BCUT2D eigenvalue weighted by molar-refractivity contribution is 7.96. The maximum absolute atomic E-state index is 14.2. The molecule has 0 radical (unpaired) electrons. The number of esters is 2. The Morgan fingerprint density at radius 3 is 1.88 bits per heavy atom. The first-order valence-corrected chi connectivity index (χ1v) is 14.6. The second-order valence-corrected chi connectivity index (χ2v) is 12.7. The second kappa shape index (κ2) is 11.6. The fraction of sp³-hybridized carbons (Fsp3) is 0.0606. The Bertz CT molecular complexity index is 1700. The van der Waals surface area contributed by atoms with E-state index in [0.717, 1.165) is 21.5 Å². The number of allylic oxidation sites excluding steroid dienone is 1. The number of cyclic esters (lactones) is 1. The summed E-state index contributed by atoms with van der Waals surface area (Å²) in [6.07, 6.45) is 2.79. The number of aryl methyl sites for hydroxylation is 1. The van der Waals surface area contributed by atoms with E-state index in [1.165, 1.54) is 43.5 Å². The van der Waals surface area contributed by atoms with Gasteiger partial charge in [0.2, 0.25) is 0 Å². The van der Waals surface area contributed by atoms with Crippen molar-refractivity contribution in [2.45, 2.75) is 6.92 Å². The number of rotatable bonds is 7. The standard InChI is InChI=1S/C33H26NO6P/c1-23-13-19-28(20-14-23)41(26-9-5-3-6-10-26,27-11-7-4-8-12-27)32-29(21-22-30(35)39-2)31(40-33(32)36)24-15-17-25(18-16-24)34(37)38/h3-22H,1-2H3/b22-21+. The number of hydrogen-bond donors (Lipinski definition) is 0. The van der Waals surface area contributed by atoms with Crippen LogP contribution < -0.4 is 15.9 Å². The molecule has 7 nitrogen and oxygen atoms in total. The topological polar surface area (TPSA) is 95.7 Å². The van der Waals surface area contributed by atoms with Gasteiger partial charge >= 0.3 is 11.9 Å². The summed E-state index contributed by atoms with van der Waals surface area (Å²) in [6.45, 7) is -0.909. The molecule has 1 aliphatic heterocycles. The lowest BCUT2D eigenvalue weighted by Crippen LogP contribution is -2.33. The molecule has 0 saturated heterocycles. The van der Waals surface area contributed by atoms with E-state index < -0.39 is 23.7 Å². The van der Waals surface area contributed by atoms with Crippen molar-refractivity contribution in [3.8, 4) is 0 Å². The van der Waals surface area contributed by atoms with Crippen LogP contribution in [0.4, 0.5) is 5.69 Å². The molecule has 0 amide bonds. The van der Waals surface area contributed by atoms with Gasteiger partial charge in [-0.15, -0.1) is 0 Å². The number of non-ortho nitro benzene ring substituents is 1. The van der Waals surface area contributed by atoms with Gasteiger partial charge in [-0.2, -0.15) is 0 Å². The number of nitro benzene ring substituents is 1. The summed E-state index contributed by atoms with van der Waals surface area (Å²) in [5.41, 5.74) is 1.85. The van der Waals surface area contributed by atoms with E-state index in [4.69, 9.17) is 9.47 Å². The highest BCUT2D eigenvalue weighted by Crippen LogP contribution is 2.51. The zero-order chi connectivity index (χ0) is 29.0. The molecule has 41 heavy (non-hydrogen) atoms. The Labute approximate surface area is 237 Å². The van der Waals surface area contributed by atoms with Crippen molar-refractivity contribution in [2.75, 3.05) is 7.11 Å². The monoisotopic (exact) mass is 563 g/mol. The van der Waals surface area contributed by atoms with Crippen LogP contribution in [0.5, 0.6) is 0 Å². The van der Waals surface area contributed by atoms with Gasteiger partial charge in [-0.3, -0.25) is 10.1 Å². The third kappa shape index (κ3) is 5.15. The highest BCUT2D eigenvalue weighted by Gasteiger charge is 2.41. The van der Waals surface area contributed by atoms with Gasteiger partial charge in [-0.1, -0.05) is 90.5 Å². The molecule has 0 bridgehead atoms. The first-order valence-electron chi connectivity index (χ1n) is 12.8. The maximum atomic E-state index is 14.2. The Balaban J connectivity index is 1.98. The van der Waals surface area contributed by atoms with Crippen LogP contribution in [0.15, 0.2) is 127 Å². The highest BCUT2D eigenvalue weighted by atomic mass is 31.2. The summed E-state index contributed by atoms with van der Waals surface area (Å²) >= 11 is 0. The van der Waals surface area contributed by atoms with Crippen LogP contribution in [0.3, 0.4) is 0 Å². The fourth-order valence-corrected chi connectivity index (χ4v) is 9.32. The van der Waals surface area contributed by atoms with E-state index in [-0.39, 0.29) is 11.4 Å². The van der Waals surface area contributed by atoms with Gasteiger partial charge < -0.3 is 9.47 Å². The quantitative estimate of drug-likeness (QED) is 0.103. The van der Waals surface area contributed by atoms with Crippen molar-refractivity contribution in [3.05, 3.63) is 148 Å². The van der Waals surface area contributed by atoms with E-state index >= 15 is 0 Å². The molecule has 8 heteroatoms. The van der Waals surface area contributed by atoms with E-state index in [1.54, 1.807) is 0 Å². The molecule has 1 heterocycles. The summed E-state index contributed by atoms with van der Waals surface area (Å²) in [5, 5.41) is 14.5. The van der Waals surface area contributed by atoms with Gasteiger partial charge in [-0.05, 0) is 47.9 Å². The van der Waals surface area contributed by atoms with Crippen LogP contribution in [-0.2, 0) is 19.1 Å². The van der Waals surface area contributed by atoms with Gasteiger partial charge in [0.25, 0.3) is 5.69 Å². The number of methoxy groups -OCH3 is 1. The zero-order valence-corrected chi connectivity index (χ0v) is 23.3. The van der Waals surface area contributed by atoms with Gasteiger partial charge in [-0.25, -0.2) is 9.59 Å². The summed E-state index contributed by atoms with van der Waals surface area (Å²) in [6, 6.07) is 33.5. The van der Waals surface area contributed by atoms with Crippen molar-refractivity contribution < 1.29 is 24.0 Å². The molecule has 4 aromatic carbocycles. The molecule has 0 aromatic heterocycles. The van der Waals surface area contributed by atoms with Gasteiger partial charge in [0.1, 0.15) is 5.76 Å². The SMILES string of the molecule is COC(=O)/C=C/C1=C(c2ccc([N+](=O)[O-])cc2)OC(=O)C1=P(c1ccccc1)(c1ccccc1)c1ccc(C)cc1. The molecule has 0 spiro atoms. The molecule has 5 rings (SSSR count). The average Bonchev–Trinajstić information content (AvgIpc) is 3.34.